The van der Waals surface area contributed by atoms with Gasteiger partial charge in [-0.1, -0.05) is 6.42 Å². The van der Waals surface area contributed by atoms with Gasteiger partial charge in [-0.3, -0.25) is 9.69 Å². The number of thiazole rings is 1. The van der Waals surface area contributed by atoms with Crippen molar-refractivity contribution in [1.82, 2.24) is 9.88 Å². The van der Waals surface area contributed by atoms with E-state index in [0.29, 0.717) is 5.13 Å². The number of amides is 1. The number of aliphatic hydroxyl groups excluding tert-OH is 1. The molecule has 19 heavy (non-hydrogen) atoms. The summed E-state index contributed by atoms with van der Waals surface area (Å²) in [6, 6.07) is 0.222. The summed E-state index contributed by atoms with van der Waals surface area (Å²) in [5.74, 6) is -0.0965. The van der Waals surface area contributed by atoms with Crippen LogP contribution in [0.4, 0.5) is 5.13 Å². The highest BCUT2D eigenvalue weighted by Crippen LogP contribution is 2.23. The van der Waals surface area contributed by atoms with E-state index in [1.54, 1.807) is 0 Å². The van der Waals surface area contributed by atoms with E-state index >= 15 is 0 Å². The average Bonchev–Trinajstić information content (AvgIpc) is 2.76. The smallest absolute Gasteiger partial charge is 0.223 e. The summed E-state index contributed by atoms with van der Waals surface area (Å²) in [5.41, 5.74) is 0.960. The van der Waals surface area contributed by atoms with Crippen LogP contribution in [0.2, 0.25) is 0 Å². The van der Waals surface area contributed by atoms with Crippen LogP contribution < -0.4 is 5.32 Å². The summed E-state index contributed by atoms with van der Waals surface area (Å²) in [6.45, 7) is 5.08. The van der Waals surface area contributed by atoms with Crippen molar-refractivity contribution in [3.8, 4) is 0 Å². The maximum atomic E-state index is 11.0. The van der Waals surface area contributed by atoms with Gasteiger partial charge in [-0.2, -0.15) is 0 Å². The van der Waals surface area contributed by atoms with Gasteiger partial charge in [0.1, 0.15) is 0 Å². The Kier molecular flexibility index (Phi) is 4.90. The summed E-state index contributed by atoms with van der Waals surface area (Å²) >= 11 is 1.44. The number of likely N-dealkylation sites (tertiary alicyclic amines) is 1. The number of aliphatic hydroxyl groups is 1. The first kappa shape index (κ1) is 14.4. The van der Waals surface area contributed by atoms with E-state index in [1.165, 1.54) is 31.1 Å². The number of carbonyl (C=O) groups is 1. The molecule has 6 heteroatoms. The van der Waals surface area contributed by atoms with Crippen molar-refractivity contribution >= 4 is 22.4 Å². The van der Waals surface area contributed by atoms with Gasteiger partial charge in [0.2, 0.25) is 5.91 Å². The summed E-state index contributed by atoms with van der Waals surface area (Å²) in [7, 11) is 0. The van der Waals surface area contributed by atoms with Gasteiger partial charge < -0.3 is 10.4 Å². The lowest BCUT2D eigenvalue weighted by Gasteiger charge is -2.36. The summed E-state index contributed by atoms with van der Waals surface area (Å²) in [4.78, 5) is 17.7. The third-order valence-electron chi connectivity index (χ3n) is 3.42. The summed E-state index contributed by atoms with van der Waals surface area (Å²) in [5, 5.41) is 15.1. The number of hydrogen-bond donors (Lipinski definition) is 2. The predicted octanol–water partition coefficient (Wildman–Crippen LogP) is 1.84. The Morgan fingerprint density at radius 2 is 2.47 bits per heavy atom. The molecule has 1 amide bonds. The third-order valence-corrected chi connectivity index (χ3v) is 4.23. The number of rotatable bonds is 4. The van der Waals surface area contributed by atoms with E-state index in [0.717, 1.165) is 25.2 Å². The average molecular weight is 283 g/mol. The lowest BCUT2D eigenvalue weighted by Crippen LogP contribution is -2.45. The quantitative estimate of drug-likeness (QED) is 0.885. The van der Waals surface area contributed by atoms with Crippen LogP contribution >= 0.6 is 11.3 Å². The summed E-state index contributed by atoms with van der Waals surface area (Å²) < 4.78 is 0. The highest BCUT2D eigenvalue weighted by Gasteiger charge is 2.26. The molecule has 2 atom stereocenters. The Hall–Kier alpha value is -0.980. The third kappa shape index (κ3) is 3.99. The minimum absolute atomic E-state index is 0.0965. The number of nitrogens with zero attached hydrogens (tertiary/aromatic N) is 2. The van der Waals surface area contributed by atoms with Crippen LogP contribution in [0, 0.1) is 0 Å². The molecule has 0 aliphatic carbocycles. The van der Waals surface area contributed by atoms with Crippen LogP contribution in [0.25, 0.3) is 0 Å². The number of anilines is 1. The molecular formula is C13H21N3O2S. The van der Waals surface area contributed by atoms with Gasteiger partial charge in [-0.05, 0) is 26.3 Å². The molecule has 0 saturated carbocycles. The Labute approximate surface area is 117 Å². The van der Waals surface area contributed by atoms with Gasteiger partial charge in [0.15, 0.2) is 5.13 Å². The standard InChI is InChI=1S/C13H21N3O2S/c1-9(17)12-5-3-4-6-16(12)7-11-8-19-13(15-11)14-10(2)18/h8-9,12,17H,3-7H2,1-2H3,(H,14,15,18). The molecule has 1 aliphatic heterocycles. The van der Waals surface area contributed by atoms with E-state index in [9.17, 15) is 9.90 Å². The first-order valence-electron chi connectivity index (χ1n) is 6.70. The van der Waals surface area contributed by atoms with Crippen LogP contribution in [-0.2, 0) is 11.3 Å². The predicted molar refractivity (Wildman–Crippen MR) is 76.1 cm³/mol. The normalized spacial score (nSPS) is 22.2. The molecule has 1 saturated heterocycles. The molecule has 1 fully saturated rings. The van der Waals surface area contributed by atoms with Crippen molar-refractivity contribution in [2.75, 3.05) is 11.9 Å². The van der Waals surface area contributed by atoms with E-state index in [1.807, 2.05) is 12.3 Å². The largest absolute Gasteiger partial charge is 0.392 e. The van der Waals surface area contributed by atoms with Crippen LogP contribution in [0.5, 0.6) is 0 Å². The van der Waals surface area contributed by atoms with Crippen LogP contribution in [0.1, 0.15) is 38.8 Å². The lowest BCUT2D eigenvalue weighted by molar-refractivity contribution is -0.114. The van der Waals surface area contributed by atoms with Gasteiger partial charge in [0, 0.05) is 24.9 Å². The molecular weight excluding hydrogens is 262 g/mol. The number of aromatic nitrogens is 1. The zero-order chi connectivity index (χ0) is 13.8. The molecule has 0 aromatic carbocycles. The second kappa shape index (κ2) is 6.45. The molecule has 2 N–H and O–H groups in total. The van der Waals surface area contributed by atoms with Crippen molar-refractivity contribution < 1.29 is 9.90 Å². The molecule has 2 rings (SSSR count). The fourth-order valence-corrected chi connectivity index (χ4v) is 3.30. The number of piperidine rings is 1. The Bertz CT molecular complexity index is 433. The van der Waals surface area contributed by atoms with E-state index < -0.39 is 0 Å². The van der Waals surface area contributed by atoms with E-state index in [2.05, 4.69) is 15.2 Å². The topological polar surface area (TPSA) is 65.5 Å². The first-order chi connectivity index (χ1) is 9.06. The molecule has 106 valence electrons. The van der Waals surface area contributed by atoms with Gasteiger partial charge in [-0.25, -0.2) is 4.98 Å². The molecule has 5 nitrogen and oxygen atoms in total. The Balaban J connectivity index is 1.98. The maximum Gasteiger partial charge on any atom is 0.223 e. The number of hydrogen-bond acceptors (Lipinski definition) is 5. The fraction of sp³-hybridized carbons (Fsp3) is 0.692. The Morgan fingerprint density at radius 1 is 1.68 bits per heavy atom. The number of carbonyl (C=O) groups excluding carboxylic acids is 1. The van der Waals surface area contributed by atoms with Crippen molar-refractivity contribution in [1.29, 1.82) is 0 Å². The minimum atomic E-state index is -0.311. The minimum Gasteiger partial charge on any atom is -0.392 e. The van der Waals surface area contributed by atoms with Crippen LogP contribution in [0.15, 0.2) is 5.38 Å². The highest BCUT2D eigenvalue weighted by molar-refractivity contribution is 7.13. The molecule has 0 radical (unpaired) electrons. The molecule has 1 aromatic heterocycles. The van der Waals surface area contributed by atoms with E-state index in [4.69, 9.17) is 0 Å². The molecule has 0 bridgehead atoms. The van der Waals surface area contributed by atoms with Crippen molar-refractivity contribution in [2.24, 2.45) is 0 Å². The van der Waals surface area contributed by atoms with Crippen molar-refractivity contribution in [2.45, 2.75) is 51.8 Å². The highest BCUT2D eigenvalue weighted by atomic mass is 32.1. The van der Waals surface area contributed by atoms with E-state index in [-0.39, 0.29) is 18.1 Å². The van der Waals surface area contributed by atoms with Crippen LogP contribution in [0.3, 0.4) is 0 Å². The Morgan fingerprint density at radius 3 is 3.16 bits per heavy atom. The van der Waals surface area contributed by atoms with Gasteiger partial charge >= 0.3 is 0 Å². The SMILES string of the molecule is CC(=O)Nc1nc(CN2CCCCC2C(C)O)cs1. The second-order valence-electron chi connectivity index (χ2n) is 5.10. The first-order valence-corrected chi connectivity index (χ1v) is 7.58. The summed E-state index contributed by atoms with van der Waals surface area (Å²) in [6.07, 6.45) is 3.08. The van der Waals surface area contributed by atoms with Gasteiger partial charge in [0.25, 0.3) is 0 Å². The lowest BCUT2D eigenvalue weighted by atomic mass is 9.98. The monoisotopic (exact) mass is 283 g/mol. The fourth-order valence-electron chi connectivity index (χ4n) is 2.56. The van der Waals surface area contributed by atoms with Gasteiger partial charge in [-0.15, -0.1) is 11.3 Å². The molecule has 2 heterocycles. The van der Waals surface area contributed by atoms with Crippen molar-refractivity contribution in [3.05, 3.63) is 11.1 Å². The van der Waals surface area contributed by atoms with Crippen LogP contribution in [-0.4, -0.2) is 39.6 Å². The molecule has 1 aromatic rings. The van der Waals surface area contributed by atoms with Gasteiger partial charge in [0.05, 0.1) is 11.8 Å². The number of nitrogens with one attached hydrogen (secondary N) is 1. The zero-order valence-corrected chi connectivity index (χ0v) is 12.2. The molecule has 0 spiro atoms. The second-order valence-corrected chi connectivity index (χ2v) is 5.96. The zero-order valence-electron chi connectivity index (χ0n) is 11.4. The maximum absolute atomic E-state index is 11.0. The molecule has 2 unspecified atom stereocenters. The van der Waals surface area contributed by atoms with Crippen molar-refractivity contribution in [3.63, 3.8) is 0 Å². The molecule has 1 aliphatic rings.